The smallest absolute Gasteiger partial charge is 0.331 e. The first kappa shape index (κ1) is 18.4. The first-order chi connectivity index (χ1) is 12.2. The summed E-state index contributed by atoms with van der Waals surface area (Å²) in [5.74, 6) is -1.98. The van der Waals surface area contributed by atoms with E-state index in [1.54, 1.807) is 18.2 Å². The van der Waals surface area contributed by atoms with Gasteiger partial charge in [0.25, 0.3) is 0 Å². The number of hydrogen-bond donors (Lipinski definition) is 2. The van der Waals surface area contributed by atoms with Crippen molar-refractivity contribution in [3.63, 3.8) is 0 Å². The highest BCUT2D eigenvalue weighted by atomic mass is 16.6. The van der Waals surface area contributed by atoms with Gasteiger partial charge in [-0.15, -0.1) is 0 Å². The van der Waals surface area contributed by atoms with Gasteiger partial charge in [0.05, 0.1) is 5.41 Å². The molecule has 6 heteroatoms. The van der Waals surface area contributed by atoms with E-state index in [4.69, 9.17) is 9.84 Å². The Labute approximate surface area is 152 Å². The average molecular weight is 360 g/mol. The summed E-state index contributed by atoms with van der Waals surface area (Å²) >= 11 is 0. The largest absolute Gasteiger partial charge is 0.478 e. The van der Waals surface area contributed by atoms with E-state index in [1.807, 2.05) is 6.92 Å². The van der Waals surface area contributed by atoms with E-state index < -0.39 is 23.0 Å². The second-order valence-corrected chi connectivity index (χ2v) is 7.77. The van der Waals surface area contributed by atoms with Gasteiger partial charge in [0.15, 0.2) is 0 Å². The maximum absolute atomic E-state index is 12.9. The van der Waals surface area contributed by atoms with Crippen LogP contribution in [0.15, 0.2) is 35.5 Å². The van der Waals surface area contributed by atoms with Crippen molar-refractivity contribution >= 4 is 17.9 Å². The van der Waals surface area contributed by atoms with Crippen molar-refractivity contribution < 1.29 is 29.3 Å². The minimum atomic E-state index is -0.989. The van der Waals surface area contributed by atoms with E-state index in [9.17, 15) is 19.5 Å². The molecule has 140 valence electrons. The van der Waals surface area contributed by atoms with Gasteiger partial charge in [-0.05, 0) is 57.9 Å². The summed E-state index contributed by atoms with van der Waals surface area (Å²) in [5.41, 5.74) is -0.825. The topological polar surface area (TPSA) is 101 Å². The highest BCUT2D eigenvalue weighted by Gasteiger charge is 2.63. The molecule has 0 amide bonds. The van der Waals surface area contributed by atoms with Crippen molar-refractivity contribution in [3.8, 4) is 0 Å². The summed E-state index contributed by atoms with van der Waals surface area (Å²) in [4.78, 5) is 35.2. The Bertz CT molecular complexity index is 745. The molecule has 1 aliphatic heterocycles. The van der Waals surface area contributed by atoms with Crippen LogP contribution in [0.1, 0.15) is 46.0 Å². The molecule has 1 heterocycles. The van der Waals surface area contributed by atoms with Crippen molar-refractivity contribution in [2.24, 2.45) is 17.3 Å². The number of carboxylic acids is 2. The summed E-state index contributed by atoms with van der Waals surface area (Å²) in [6.07, 6.45) is 9.69. The number of rotatable bonds is 4. The van der Waals surface area contributed by atoms with Crippen LogP contribution in [0, 0.1) is 17.3 Å². The van der Waals surface area contributed by atoms with Crippen LogP contribution in [0.2, 0.25) is 0 Å². The second-order valence-electron chi connectivity index (χ2n) is 7.77. The van der Waals surface area contributed by atoms with Crippen LogP contribution in [0.5, 0.6) is 0 Å². The molecule has 6 nitrogen and oxygen atoms in total. The highest BCUT2D eigenvalue weighted by Crippen LogP contribution is 2.61. The molecule has 0 aromatic rings. The van der Waals surface area contributed by atoms with Gasteiger partial charge in [-0.25, -0.2) is 9.59 Å². The summed E-state index contributed by atoms with van der Waals surface area (Å²) in [6, 6.07) is 0. The van der Waals surface area contributed by atoms with Crippen LogP contribution < -0.4 is 0 Å². The van der Waals surface area contributed by atoms with Crippen LogP contribution in [0.25, 0.3) is 0 Å². The van der Waals surface area contributed by atoms with Gasteiger partial charge in [0.2, 0.25) is 0 Å². The molecular weight excluding hydrogens is 336 g/mol. The normalized spacial score (nSPS) is 36.9. The number of ether oxygens (including phenoxy) is 1. The molecule has 1 saturated heterocycles. The Morgan fingerprint density at radius 3 is 2.65 bits per heavy atom. The Morgan fingerprint density at radius 2 is 2.00 bits per heavy atom. The number of hydrogen-bond acceptors (Lipinski definition) is 4. The molecule has 0 spiro atoms. The number of carbonyl (C=O) groups is 3. The lowest BCUT2D eigenvalue weighted by Crippen LogP contribution is -2.52. The van der Waals surface area contributed by atoms with E-state index in [2.05, 4.69) is 0 Å². The number of esters is 1. The number of cyclic esters (lactones) is 1. The van der Waals surface area contributed by atoms with Crippen molar-refractivity contribution in [1.82, 2.24) is 0 Å². The lowest BCUT2D eigenvalue weighted by atomic mass is 9.66. The van der Waals surface area contributed by atoms with Gasteiger partial charge < -0.3 is 14.9 Å². The molecule has 0 aromatic carbocycles. The van der Waals surface area contributed by atoms with Crippen molar-refractivity contribution in [1.29, 1.82) is 0 Å². The zero-order chi connectivity index (χ0) is 19.1. The molecular formula is C20H24O6. The van der Waals surface area contributed by atoms with Crippen LogP contribution in [0.4, 0.5) is 0 Å². The zero-order valence-corrected chi connectivity index (χ0v) is 15.0. The zero-order valence-electron chi connectivity index (χ0n) is 15.0. The van der Waals surface area contributed by atoms with Crippen LogP contribution in [-0.4, -0.2) is 33.7 Å². The van der Waals surface area contributed by atoms with Gasteiger partial charge >= 0.3 is 17.9 Å². The Hall–Kier alpha value is -2.37. The number of allylic oxidation sites excluding steroid dienone is 3. The van der Waals surface area contributed by atoms with Gasteiger partial charge in [0.1, 0.15) is 5.60 Å². The predicted molar refractivity (Wildman–Crippen MR) is 93.2 cm³/mol. The number of carboxylic acid groups (broad SMARTS) is 2. The average Bonchev–Trinajstić information content (AvgIpc) is 2.77. The second kappa shape index (κ2) is 6.41. The van der Waals surface area contributed by atoms with Crippen molar-refractivity contribution in [3.05, 3.63) is 35.5 Å². The minimum absolute atomic E-state index is 0.0797. The van der Waals surface area contributed by atoms with Crippen LogP contribution in [0.3, 0.4) is 0 Å². The molecule has 1 saturated carbocycles. The molecule has 26 heavy (non-hydrogen) atoms. The van der Waals surface area contributed by atoms with E-state index in [0.717, 1.165) is 6.42 Å². The van der Waals surface area contributed by atoms with E-state index in [-0.39, 0.29) is 23.4 Å². The molecule has 2 bridgehead atoms. The minimum Gasteiger partial charge on any atom is -0.478 e. The third kappa shape index (κ3) is 2.87. The SMILES string of the molecule is C/C(=C\C=C\[C@@]1(C)OC(=O)[C@]23CC=C(C(=O)O)CC[C@H]2[C@@H]1CC3)C(=O)O. The maximum Gasteiger partial charge on any atom is 0.331 e. The van der Waals surface area contributed by atoms with Gasteiger partial charge in [-0.2, -0.15) is 0 Å². The summed E-state index contributed by atoms with van der Waals surface area (Å²) < 4.78 is 5.84. The Balaban J connectivity index is 1.89. The van der Waals surface area contributed by atoms with Crippen LogP contribution >= 0.6 is 0 Å². The Kier molecular flexibility index (Phi) is 4.54. The Morgan fingerprint density at radius 1 is 1.27 bits per heavy atom. The molecule has 2 fully saturated rings. The van der Waals surface area contributed by atoms with Crippen LogP contribution in [-0.2, 0) is 19.1 Å². The van der Waals surface area contributed by atoms with Crippen molar-refractivity contribution in [2.75, 3.05) is 0 Å². The molecule has 0 aromatic heterocycles. The lowest BCUT2D eigenvalue weighted by molar-refractivity contribution is -0.187. The standard InChI is InChI=1S/C20H24O6/c1-12(16(21)22)4-3-9-19(2)14-8-11-20(18(25)26-19)10-7-13(17(23)24)5-6-15(14)20/h3-4,7,9,14-15H,5-6,8,10-11H2,1-2H3,(H,21,22)(H,23,24)/b9-3+,12-4+/t14-,15-,19+,20-/m0/s1. The maximum atomic E-state index is 12.9. The lowest BCUT2D eigenvalue weighted by Gasteiger charge is -2.46. The summed E-state index contributed by atoms with van der Waals surface area (Å²) in [5, 5.41) is 18.2. The highest BCUT2D eigenvalue weighted by molar-refractivity contribution is 5.87. The molecule has 2 aliphatic carbocycles. The van der Waals surface area contributed by atoms with Gasteiger partial charge in [-0.1, -0.05) is 18.2 Å². The fourth-order valence-electron chi connectivity index (χ4n) is 4.84. The van der Waals surface area contributed by atoms with E-state index in [1.165, 1.54) is 13.0 Å². The molecule has 0 radical (unpaired) electrons. The van der Waals surface area contributed by atoms with E-state index >= 15 is 0 Å². The summed E-state index contributed by atoms with van der Waals surface area (Å²) in [6.45, 7) is 3.37. The fourth-order valence-corrected chi connectivity index (χ4v) is 4.84. The third-order valence-corrected chi connectivity index (χ3v) is 6.38. The molecule has 3 aliphatic rings. The van der Waals surface area contributed by atoms with Crippen molar-refractivity contribution in [2.45, 2.75) is 51.6 Å². The van der Waals surface area contributed by atoms with E-state index in [0.29, 0.717) is 31.3 Å². The summed E-state index contributed by atoms with van der Waals surface area (Å²) in [7, 11) is 0. The number of carbonyl (C=O) groups excluding carboxylic acids is 1. The molecule has 2 N–H and O–H groups in total. The number of aliphatic carboxylic acids is 2. The first-order valence-electron chi connectivity index (χ1n) is 8.95. The molecule has 4 atom stereocenters. The fraction of sp³-hybridized carbons (Fsp3) is 0.550. The first-order valence-corrected chi connectivity index (χ1v) is 8.95. The monoisotopic (exact) mass is 360 g/mol. The molecule has 3 rings (SSSR count). The van der Waals surface area contributed by atoms with Gasteiger partial charge in [0, 0.05) is 17.1 Å². The predicted octanol–water partition coefficient (Wildman–Crippen LogP) is 3.10. The third-order valence-electron chi connectivity index (χ3n) is 6.38. The van der Waals surface area contributed by atoms with Gasteiger partial charge in [-0.3, -0.25) is 4.79 Å². The molecule has 0 unspecified atom stereocenters. The quantitative estimate of drug-likeness (QED) is 0.454.